The lowest BCUT2D eigenvalue weighted by Crippen LogP contribution is -2.48. The third kappa shape index (κ3) is 1.51. The van der Waals surface area contributed by atoms with Crippen molar-refractivity contribution < 1.29 is 9.59 Å². The number of carbonyl (C=O) groups excluding carboxylic acids is 2. The van der Waals surface area contributed by atoms with E-state index in [0.717, 1.165) is 16.8 Å². The summed E-state index contributed by atoms with van der Waals surface area (Å²) in [5.41, 5.74) is 2.64. The Morgan fingerprint density at radius 3 is 2.41 bits per heavy atom. The Labute approximate surface area is 128 Å². The highest BCUT2D eigenvalue weighted by atomic mass is 16.2. The third-order valence-corrected chi connectivity index (χ3v) is 4.63. The Bertz CT molecular complexity index is 822. The highest BCUT2D eigenvalue weighted by Crippen LogP contribution is 2.50. The summed E-state index contributed by atoms with van der Waals surface area (Å²) in [6, 6.07) is 17.4. The second kappa shape index (κ2) is 4.41. The van der Waals surface area contributed by atoms with E-state index in [1.54, 1.807) is 0 Å². The smallest absolute Gasteiger partial charge is 0.236 e. The molecule has 2 aromatic rings. The van der Waals surface area contributed by atoms with Crippen LogP contribution in [0.3, 0.4) is 0 Å². The number of nitrogens with one attached hydrogen (secondary N) is 1. The number of carbonyl (C=O) groups is 2. The number of allylic oxidation sites excluding steroid dienone is 2. The zero-order valence-corrected chi connectivity index (χ0v) is 12.2. The number of benzene rings is 2. The van der Waals surface area contributed by atoms with Gasteiger partial charge in [-0.2, -0.15) is 0 Å². The Morgan fingerprint density at radius 2 is 1.64 bits per heavy atom. The molecule has 1 amide bonds. The number of hydrogen-bond donors (Lipinski definition) is 1. The highest BCUT2D eigenvalue weighted by molar-refractivity contribution is 6.17. The maximum Gasteiger partial charge on any atom is 0.236 e. The molecule has 1 aliphatic carbocycles. The molecule has 0 spiro atoms. The van der Waals surface area contributed by atoms with Crippen LogP contribution in [0.15, 0.2) is 66.4 Å². The van der Waals surface area contributed by atoms with E-state index in [0.29, 0.717) is 5.56 Å². The average Bonchev–Trinajstić information content (AvgIpc) is 2.79. The summed E-state index contributed by atoms with van der Waals surface area (Å²) in [6.07, 6.45) is 2.03. The van der Waals surface area contributed by atoms with E-state index in [9.17, 15) is 9.59 Å². The average molecular weight is 289 g/mol. The molecule has 0 radical (unpaired) electrons. The van der Waals surface area contributed by atoms with Crippen LogP contribution in [0.25, 0.3) is 0 Å². The normalized spacial score (nSPS) is 26.0. The lowest BCUT2D eigenvalue weighted by Gasteiger charge is -2.36. The van der Waals surface area contributed by atoms with Crippen molar-refractivity contribution in [1.82, 2.24) is 5.32 Å². The van der Waals surface area contributed by atoms with E-state index in [2.05, 4.69) is 5.32 Å². The monoisotopic (exact) mass is 289 g/mol. The highest BCUT2D eigenvalue weighted by Gasteiger charge is 2.56. The van der Waals surface area contributed by atoms with Crippen molar-refractivity contribution in [2.75, 3.05) is 0 Å². The summed E-state index contributed by atoms with van der Waals surface area (Å²) >= 11 is 0. The molecule has 0 saturated carbocycles. The van der Waals surface area contributed by atoms with Crippen molar-refractivity contribution in [1.29, 1.82) is 0 Å². The number of Topliss-reactive ketones (excluding diaryl/α,β-unsaturated/α-hetero) is 1. The van der Waals surface area contributed by atoms with Crippen molar-refractivity contribution in [3.63, 3.8) is 0 Å². The van der Waals surface area contributed by atoms with Crippen LogP contribution in [0.1, 0.15) is 28.4 Å². The van der Waals surface area contributed by atoms with Gasteiger partial charge in [0.2, 0.25) is 5.91 Å². The van der Waals surface area contributed by atoms with Crippen LogP contribution in [-0.4, -0.2) is 11.7 Å². The summed E-state index contributed by atoms with van der Waals surface area (Å²) in [5.74, 6) is -1.04. The van der Waals surface area contributed by atoms with Gasteiger partial charge < -0.3 is 5.32 Å². The van der Waals surface area contributed by atoms with Gasteiger partial charge in [-0.3, -0.25) is 9.59 Å². The molecule has 22 heavy (non-hydrogen) atoms. The van der Waals surface area contributed by atoms with Gasteiger partial charge in [-0.15, -0.1) is 0 Å². The van der Waals surface area contributed by atoms with Gasteiger partial charge in [0, 0.05) is 11.3 Å². The Kier molecular flexibility index (Phi) is 2.61. The maximum atomic E-state index is 12.8. The number of amides is 1. The van der Waals surface area contributed by atoms with Gasteiger partial charge in [-0.25, -0.2) is 0 Å². The topological polar surface area (TPSA) is 46.2 Å². The van der Waals surface area contributed by atoms with E-state index in [-0.39, 0.29) is 11.7 Å². The molecule has 2 aliphatic rings. The molecule has 108 valence electrons. The van der Waals surface area contributed by atoms with Crippen molar-refractivity contribution in [2.45, 2.75) is 12.3 Å². The van der Waals surface area contributed by atoms with Gasteiger partial charge in [0.1, 0.15) is 5.92 Å². The van der Waals surface area contributed by atoms with E-state index in [1.165, 1.54) is 0 Å². The first-order valence-electron chi connectivity index (χ1n) is 7.34. The van der Waals surface area contributed by atoms with Crippen LogP contribution in [-0.2, 0) is 10.2 Å². The van der Waals surface area contributed by atoms with Crippen molar-refractivity contribution in [2.24, 2.45) is 5.92 Å². The maximum absolute atomic E-state index is 12.8. The fraction of sp³-hybridized carbons (Fsp3) is 0.158. The molecule has 2 atom stereocenters. The van der Waals surface area contributed by atoms with Gasteiger partial charge >= 0.3 is 0 Å². The third-order valence-electron chi connectivity index (χ3n) is 4.63. The Hall–Kier alpha value is -2.68. The Balaban J connectivity index is 2.11. The number of ketones is 1. The molecule has 0 bridgehead atoms. The van der Waals surface area contributed by atoms with E-state index in [1.807, 2.05) is 67.6 Å². The number of fused-ring (bicyclic) bond motifs is 3. The standard InChI is InChI=1S/C19H15NO2/c1-12-11-19(13-7-3-2-4-8-13)15-10-6-5-9-14(15)17(21)16(19)18(22)20-12/h2-11,16H,1H3,(H,20,22). The van der Waals surface area contributed by atoms with Crippen LogP contribution < -0.4 is 5.32 Å². The second-order valence-corrected chi connectivity index (χ2v) is 5.89. The van der Waals surface area contributed by atoms with Crippen LogP contribution in [0.5, 0.6) is 0 Å². The molecule has 1 heterocycles. The van der Waals surface area contributed by atoms with Gasteiger partial charge in [-0.1, -0.05) is 54.6 Å². The first-order valence-corrected chi connectivity index (χ1v) is 7.34. The minimum atomic E-state index is -0.726. The molecule has 2 unspecified atom stereocenters. The molecule has 0 aromatic heterocycles. The molecular weight excluding hydrogens is 274 g/mol. The van der Waals surface area contributed by atoms with Crippen LogP contribution in [0, 0.1) is 5.92 Å². The summed E-state index contributed by atoms with van der Waals surface area (Å²) in [4.78, 5) is 25.4. The fourth-order valence-electron chi connectivity index (χ4n) is 3.83. The minimum Gasteiger partial charge on any atom is -0.330 e. The molecule has 3 heteroatoms. The van der Waals surface area contributed by atoms with Gasteiger partial charge in [0.25, 0.3) is 0 Å². The molecule has 0 fully saturated rings. The summed E-state index contributed by atoms with van der Waals surface area (Å²) in [7, 11) is 0. The lowest BCUT2D eigenvalue weighted by atomic mass is 9.67. The SMILES string of the molecule is CC1=CC2(c3ccccc3)c3ccccc3C(=O)C2C(=O)N1. The zero-order valence-electron chi connectivity index (χ0n) is 12.2. The molecule has 4 rings (SSSR count). The van der Waals surface area contributed by atoms with Crippen molar-refractivity contribution in [3.8, 4) is 0 Å². The number of hydrogen-bond acceptors (Lipinski definition) is 2. The Morgan fingerprint density at radius 1 is 0.955 bits per heavy atom. The molecule has 3 nitrogen and oxygen atoms in total. The molecular formula is C19H15NO2. The molecule has 2 aromatic carbocycles. The molecule has 1 aliphatic heterocycles. The van der Waals surface area contributed by atoms with Gasteiger partial charge in [0.15, 0.2) is 5.78 Å². The van der Waals surface area contributed by atoms with Crippen LogP contribution in [0.2, 0.25) is 0 Å². The van der Waals surface area contributed by atoms with Gasteiger partial charge in [-0.05, 0) is 24.1 Å². The summed E-state index contributed by atoms with van der Waals surface area (Å²) in [6.45, 7) is 1.87. The molecule has 0 saturated heterocycles. The van der Waals surface area contributed by atoms with Gasteiger partial charge in [0.05, 0.1) is 5.41 Å². The summed E-state index contributed by atoms with van der Waals surface area (Å²) < 4.78 is 0. The largest absolute Gasteiger partial charge is 0.330 e. The predicted octanol–water partition coefficient (Wildman–Crippen LogP) is 2.82. The van der Waals surface area contributed by atoms with Crippen LogP contribution in [0.4, 0.5) is 0 Å². The predicted molar refractivity (Wildman–Crippen MR) is 83.4 cm³/mol. The quantitative estimate of drug-likeness (QED) is 0.821. The van der Waals surface area contributed by atoms with Crippen molar-refractivity contribution >= 4 is 11.7 Å². The first-order chi connectivity index (χ1) is 10.6. The van der Waals surface area contributed by atoms with E-state index < -0.39 is 11.3 Å². The minimum absolute atomic E-state index is 0.0966. The summed E-state index contributed by atoms with van der Waals surface area (Å²) in [5, 5.41) is 2.81. The van der Waals surface area contributed by atoms with Crippen molar-refractivity contribution in [3.05, 3.63) is 83.1 Å². The lowest BCUT2D eigenvalue weighted by molar-refractivity contribution is -0.124. The second-order valence-electron chi connectivity index (χ2n) is 5.89. The molecule has 1 N–H and O–H groups in total. The zero-order chi connectivity index (χ0) is 15.3. The van der Waals surface area contributed by atoms with E-state index >= 15 is 0 Å². The number of rotatable bonds is 1. The fourth-order valence-corrected chi connectivity index (χ4v) is 3.83. The van der Waals surface area contributed by atoms with Crippen LogP contribution >= 0.6 is 0 Å². The van der Waals surface area contributed by atoms with E-state index in [4.69, 9.17) is 0 Å². The first kappa shape index (κ1) is 13.0.